The van der Waals surface area contributed by atoms with Crippen molar-refractivity contribution in [3.8, 4) is 11.4 Å². The number of nitrogens with one attached hydrogen (secondary N) is 3. The average molecular weight is 729 g/mol. The summed E-state index contributed by atoms with van der Waals surface area (Å²) in [6.45, 7) is 0.0351. The highest BCUT2D eigenvalue weighted by Gasteiger charge is 2.17. The van der Waals surface area contributed by atoms with Crippen LogP contribution >= 0.6 is 39.1 Å². The van der Waals surface area contributed by atoms with Crippen LogP contribution in [0.4, 0.5) is 22.7 Å². The number of hydrogen-bond acceptors (Lipinski definition) is 6. The third-order valence-corrected chi connectivity index (χ3v) is 8.57. The maximum Gasteiger partial charge on any atom is 0.266 e. The number of amides is 1. The molecule has 6 aromatic rings. The van der Waals surface area contributed by atoms with Crippen LogP contribution in [0.3, 0.4) is 0 Å². The van der Waals surface area contributed by atoms with Gasteiger partial charge in [0.05, 0.1) is 51.7 Å². The van der Waals surface area contributed by atoms with Gasteiger partial charge >= 0.3 is 0 Å². The highest BCUT2D eigenvalue weighted by atomic mass is 79.9. The van der Waals surface area contributed by atoms with Gasteiger partial charge in [0.1, 0.15) is 11.6 Å². The summed E-state index contributed by atoms with van der Waals surface area (Å²) in [6.07, 6.45) is 0.329. The van der Waals surface area contributed by atoms with E-state index in [0.29, 0.717) is 61.7 Å². The third-order valence-electron chi connectivity index (χ3n) is 7.45. The van der Waals surface area contributed by atoms with Crippen molar-refractivity contribution >= 4 is 78.7 Å². The molecule has 1 aromatic heterocycles. The van der Waals surface area contributed by atoms with Crippen molar-refractivity contribution in [3.05, 3.63) is 145 Å². The van der Waals surface area contributed by atoms with E-state index in [1.165, 1.54) is 0 Å². The Hall–Kier alpha value is -4.83. The Kier molecular flexibility index (Phi) is 9.77. The Morgan fingerprint density at radius 3 is 2.32 bits per heavy atom. The van der Waals surface area contributed by atoms with Gasteiger partial charge in [0.15, 0.2) is 0 Å². The fraction of sp³-hybridized carbons (Fsp3) is 0.0833. The molecule has 0 atom stereocenters. The maximum absolute atomic E-state index is 14.1. The number of rotatable bonds is 10. The van der Waals surface area contributed by atoms with Gasteiger partial charge in [-0.15, -0.1) is 0 Å². The predicted molar refractivity (Wildman–Crippen MR) is 194 cm³/mol. The van der Waals surface area contributed by atoms with Gasteiger partial charge in [-0.05, 0) is 78.4 Å². The Balaban J connectivity index is 1.30. The molecule has 8 nitrogen and oxygen atoms in total. The smallest absolute Gasteiger partial charge is 0.266 e. The number of hydrogen-bond donors (Lipinski definition) is 3. The van der Waals surface area contributed by atoms with Gasteiger partial charge in [-0.3, -0.25) is 14.2 Å². The first kappa shape index (κ1) is 32.1. The Morgan fingerprint density at radius 2 is 1.57 bits per heavy atom. The van der Waals surface area contributed by atoms with Crippen LogP contribution in [0.1, 0.15) is 11.4 Å². The van der Waals surface area contributed by atoms with Crippen LogP contribution in [0.5, 0.6) is 5.75 Å². The second kappa shape index (κ2) is 14.3. The zero-order valence-corrected chi connectivity index (χ0v) is 28.2. The van der Waals surface area contributed by atoms with Crippen molar-refractivity contribution in [3.63, 3.8) is 0 Å². The predicted octanol–water partition coefficient (Wildman–Crippen LogP) is 8.85. The van der Waals surface area contributed by atoms with Gasteiger partial charge in [-0.2, -0.15) is 0 Å². The van der Waals surface area contributed by atoms with Crippen LogP contribution in [0.2, 0.25) is 10.0 Å². The number of ether oxygens (including phenoxy) is 1. The molecular formula is C36H28BrCl2N5O3. The van der Waals surface area contributed by atoms with Crippen LogP contribution in [0, 0.1) is 0 Å². The van der Waals surface area contributed by atoms with Crippen LogP contribution in [-0.2, 0) is 11.2 Å². The molecule has 6 rings (SSSR count). The third kappa shape index (κ3) is 7.28. The molecule has 0 aliphatic carbocycles. The van der Waals surface area contributed by atoms with Crippen LogP contribution in [0.15, 0.2) is 118 Å². The van der Waals surface area contributed by atoms with E-state index in [1.807, 2.05) is 72.8 Å². The molecule has 0 saturated heterocycles. The van der Waals surface area contributed by atoms with E-state index in [9.17, 15) is 9.59 Å². The zero-order chi connectivity index (χ0) is 32.9. The Bertz CT molecular complexity index is 2130. The van der Waals surface area contributed by atoms with Crippen LogP contribution in [0.25, 0.3) is 16.6 Å². The van der Waals surface area contributed by atoms with E-state index in [0.717, 1.165) is 15.7 Å². The molecule has 0 fully saturated rings. The number of carbonyl (C=O) groups excluding carboxylic acids is 1. The van der Waals surface area contributed by atoms with Gasteiger partial charge in [0.25, 0.3) is 5.56 Å². The first-order chi connectivity index (χ1) is 22.8. The van der Waals surface area contributed by atoms with E-state index in [2.05, 4.69) is 31.9 Å². The summed E-state index contributed by atoms with van der Waals surface area (Å²) in [6, 6.07) is 33.0. The molecule has 236 valence electrons. The summed E-state index contributed by atoms with van der Waals surface area (Å²) >= 11 is 16.4. The van der Waals surface area contributed by atoms with Crippen LogP contribution in [-0.4, -0.2) is 29.1 Å². The van der Waals surface area contributed by atoms with Gasteiger partial charge in [-0.1, -0.05) is 75.5 Å². The van der Waals surface area contributed by atoms with Gasteiger partial charge in [0.2, 0.25) is 5.91 Å². The van der Waals surface area contributed by atoms with E-state index in [4.69, 9.17) is 32.9 Å². The SMILES string of the molecule is COc1ccccc1NC(=O)CNc1ccc(-n2c(Cc3ccccc3Nc3c(Cl)cccc3Cl)nc3ccc(Br)cc3c2=O)cc1. The number of carbonyl (C=O) groups is 1. The monoisotopic (exact) mass is 727 g/mol. The second-order valence-corrected chi connectivity index (χ2v) is 12.3. The fourth-order valence-electron chi connectivity index (χ4n) is 5.16. The van der Waals surface area contributed by atoms with Crippen molar-refractivity contribution in [2.24, 2.45) is 0 Å². The molecule has 5 aromatic carbocycles. The molecule has 0 aliphatic heterocycles. The number of aromatic nitrogens is 2. The summed E-state index contributed by atoms with van der Waals surface area (Å²) in [5, 5.41) is 10.8. The van der Waals surface area contributed by atoms with Crippen molar-refractivity contribution in [1.82, 2.24) is 9.55 Å². The molecule has 11 heteroatoms. The molecule has 3 N–H and O–H groups in total. The highest BCUT2D eigenvalue weighted by Crippen LogP contribution is 2.34. The minimum Gasteiger partial charge on any atom is -0.495 e. The standard InChI is InChI=1S/C36H28BrCl2N5O3/c1-47-32-12-5-4-11-31(32)42-34(45)21-40-24-14-16-25(17-15-24)44-33(41-30-18-13-23(37)20-26(30)36(44)46)19-22-7-2-3-10-29(22)43-35-27(38)8-6-9-28(35)39/h2-18,20,40,43H,19,21H2,1H3,(H,42,45). The fourth-order valence-corrected chi connectivity index (χ4v) is 6.01. The number of fused-ring (bicyclic) bond motifs is 1. The molecule has 0 spiro atoms. The number of benzene rings is 5. The van der Waals surface area contributed by atoms with E-state index in [1.54, 1.807) is 48.1 Å². The number of nitrogens with zero attached hydrogens (tertiary/aromatic N) is 2. The molecule has 47 heavy (non-hydrogen) atoms. The normalized spacial score (nSPS) is 10.9. The molecule has 1 heterocycles. The average Bonchev–Trinajstić information content (AvgIpc) is 3.07. The van der Waals surface area contributed by atoms with Crippen molar-refractivity contribution in [2.75, 3.05) is 29.6 Å². The zero-order valence-electron chi connectivity index (χ0n) is 25.1. The molecular weight excluding hydrogens is 701 g/mol. The topological polar surface area (TPSA) is 97.3 Å². The number of para-hydroxylation sites is 4. The van der Waals surface area contributed by atoms with Gasteiger partial charge in [-0.25, -0.2) is 4.98 Å². The summed E-state index contributed by atoms with van der Waals surface area (Å²) in [5.41, 5.74) is 4.57. The van der Waals surface area contributed by atoms with Crippen molar-refractivity contribution < 1.29 is 9.53 Å². The Labute approximate surface area is 289 Å². The number of methoxy groups -OCH3 is 1. The molecule has 0 unspecified atom stereocenters. The maximum atomic E-state index is 14.1. The Morgan fingerprint density at radius 1 is 0.872 bits per heavy atom. The first-order valence-corrected chi connectivity index (χ1v) is 16.1. The summed E-state index contributed by atoms with van der Waals surface area (Å²) in [7, 11) is 1.55. The minimum absolute atomic E-state index is 0.0351. The van der Waals surface area contributed by atoms with E-state index < -0.39 is 0 Å². The van der Waals surface area contributed by atoms with Gasteiger partial charge < -0.3 is 20.7 Å². The first-order valence-electron chi connectivity index (χ1n) is 14.6. The summed E-state index contributed by atoms with van der Waals surface area (Å²) in [4.78, 5) is 31.6. The molecule has 0 bridgehead atoms. The largest absolute Gasteiger partial charge is 0.495 e. The van der Waals surface area contributed by atoms with Crippen LogP contribution < -0.4 is 26.2 Å². The number of halogens is 3. The minimum atomic E-state index is -0.230. The molecule has 0 saturated carbocycles. The van der Waals surface area contributed by atoms with E-state index in [-0.39, 0.29) is 18.0 Å². The number of anilines is 4. The molecule has 0 aliphatic rings. The lowest BCUT2D eigenvalue weighted by Gasteiger charge is -2.18. The lowest BCUT2D eigenvalue weighted by atomic mass is 10.1. The quantitative estimate of drug-likeness (QED) is 0.130. The van der Waals surface area contributed by atoms with Gasteiger partial charge in [0, 0.05) is 22.3 Å². The summed E-state index contributed by atoms with van der Waals surface area (Å²) in [5.74, 6) is 0.890. The second-order valence-electron chi connectivity index (χ2n) is 10.5. The van der Waals surface area contributed by atoms with Crippen molar-refractivity contribution in [2.45, 2.75) is 6.42 Å². The molecule has 1 amide bonds. The van der Waals surface area contributed by atoms with Crippen molar-refractivity contribution in [1.29, 1.82) is 0 Å². The van der Waals surface area contributed by atoms with E-state index >= 15 is 0 Å². The lowest BCUT2D eigenvalue weighted by Crippen LogP contribution is -2.24. The lowest BCUT2D eigenvalue weighted by molar-refractivity contribution is -0.114. The molecule has 0 radical (unpaired) electrons. The summed E-state index contributed by atoms with van der Waals surface area (Å²) < 4.78 is 7.71. The highest BCUT2D eigenvalue weighted by molar-refractivity contribution is 9.10.